The number of piperidine rings is 1. The molecular formula is C13H24N4. The normalized spacial score (nSPS) is 26.6. The van der Waals surface area contributed by atoms with Crippen LogP contribution in [0.1, 0.15) is 38.3 Å². The van der Waals surface area contributed by atoms with Crippen molar-refractivity contribution >= 4 is 0 Å². The summed E-state index contributed by atoms with van der Waals surface area (Å²) in [5, 5.41) is 4.30. The van der Waals surface area contributed by atoms with Crippen LogP contribution in [0.5, 0.6) is 0 Å². The maximum Gasteiger partial charge on any atom is 0.0537 e. The van der Waals surface area contributed by atoms with E-state index in [2.05, 4.69) is 30.0 Å². The number of nitrogens with two attached hydrogens (primary N) is 1. The van der Waals surface area contributed by atoms with Gasteiger partial charge in [0.2, 0.25) is 0 Å². The first-order chi connectivity index (χ1) is 8.13. The van der Waals surface area contributed by atoms with Crippen molar-refractivity contribution < 1.29 is 0 Å². The number of hydrogen-bond donors (Lipinski definition) is 1. The molecule has 0 aliphatic carbocycles. The van der Waals surface area contributed by atoms with Crippen molar-refractivity contribution in [1.29, 1.82) is 0 Å². The molecule has 1 aliphatic rings. The van der Waals surface area contributed by atoms with Gasteiger partial charge >= 0.3 is 0 Å². The summed E-state index contributed by atoms with van der Waals surface area (Å²) in [6, 6.07) is 1.01. The van der Waals surface area contributed by atoms with Gasteiger partial charge in [0.25, 0.3) is 0 Å². The summed E-state index contributed by atoms with van der Waals surface area (Å²) in [6.07, 6.45) is 6.62. The largest absolute Gasteiger partial charge is 0.330 e. The fourth-order valence-corrected chi connectivity index (χ4v) is 2.99. The summed E-state index contributed by atoms with van der Waals surface area (Å²) in [5.74, 6) is 0.565. The van der Waals surface area contributed by atoms with Gasteiger partial charge in [0.05, 0.1) is 6.20 Å². The molecular weight excluding hydrogens is 212 g/mol. The van der Waals surface area contributed by atoms with E-state index in [-0.39, 0.29) is 0 Å². The Morgan fingerprint density at radius 1 is 1.53 bits per heavy atom. The van der Waals surface area contributed by atoms with Crippen LogP contribution in [0, 0.1) is 5.92 Å². The van der Waals surface area contributed by atoms with E-state index >= 15 is 0 Å². The zero-order valence-corrected chi connectivity index (χ0v) is 11.1. The summed E-state index contributed by atoms with van der Waals surface area (Å²) < 4.78 is 1.88. The van der Waals surface area contributed by atoms with Gasteiger partial charge in [-0.1, -0.05) is 0 Å². The van der Waals surface area contributed by atoms with E-state index in [0.29, 0.717) is 18.0 Å². The third-order valence-electron chi connectivity index (χ3n) is 3.83. The molecule has 0 bridgehead atoms. The molecule has 4 heteroatoms. The molecule has 1 saturated heterocycles. The molecule has 1 aromatic rings. The number of rotatable bonds is 3. The van der Waals surface area contributed by atoms with E-state index in [9.17, 15) is 0 Å². The van der Waals surface area contributed by atoms with E-state index in [1.165, 1.54) is 24.9 Å². The minimum absolute atomic E-state index is 0.447. The topological polar surface area (TPSA) is 47.1 Å². The Labute approximate surface area is 104 Å². The second kappa shape index (κ2) is 5.19. The lowest BCUT2D eigenvalue weighted by Crippen LogP contribution is -2.44. The van der Waals surface area contributed by atoms with Gasteiger partial charge in [-0.3, -0.25) is 9.58 Å². The lowest BCUT2D eigenvalue weighted by Gasteiger charge is -2.43. The maximum atomic E-state index is 5.95. The van der Waals surface area contributed by atoms with Crippen molar-refractivity contribution in [2.45, 2.75) is 38.8 Å². The van der Waals surface area contributed by atoms with Crippen LogP contribution in [0.15, 0.2) is 12.4 Å². The molecule has 0 radical (unpaired) electrons. The predicted octanol–water partition coefficient (Wildman–Crippen LogP) is 1.54. The average Bonchev–Trinajstić information content (AvgIpc) is 2.74. The van der Waals surface area contributed by atoms with Crippen LogP contribution in [-0.2, 0) is 7.05 Å². The minimum atomic E-state index is 0.447. The molecule has 4 nitrogen and oxygen atoms in total. The second-order valence-electron chi connectivity index (χ2n) is 5.36. The first kappa shape index (κ1) is 12.6. The number of nitrogens with zero attached hydrogens (tertiary/aromatic N) is 3. The van der Waals surface area contributed by atoms with Gasteiger partial charge in [-0.25, -0.2) is 0 Å². The van der Waals surface area contributed by atoms with Crippen LogP contribution in [0.2, 0.25) is 0 Å². The van der Waals surface area contributed by atoms with Crippen LogP contribution in [0.4, 0.5) is 0 Å². The maximum absolute atomic E-state index is 5.95. The first-order valence-corrected chi connectivity index (χ1v) is 6.58. The van der Waals surface area contributed by atoms with Crippen molar-refractivity contribution in [3.8, 4) is 0 Å². The highest BCUT2D eigenvalue weighted by atomic mass is 15.3. The molecule has 1 aliphatic heterocycles. The summed E-state index contributed by atoms with van der Waals surface area (Å²) in [4.78, 5) is 2.57. The fraction of sp³-hybridized carbons (Fsp3) is 0.769. The van der Waals surface area contributed by atoms with E-state index in [4.69, 9.17) is 5.73 Å². The Kier molecular flexibility index (Phi) is 3.84. The molecule has 0 saturated carbocycles. The molecule has 2 heterocycles. The van der Waals surface area contributed by atoms with E-state index in [0.717, 1.165) is 6.54 Å². The zero-order valence-electron chi connectivity index (χ0n) is 11.1. The van der Waals surface area contributed by atoms with Crippen molar-refractivity contribution in [2.75, 3.05) is 13.1 Å². The fourth-order valence-electron chi connectivity index (χ4n) is 2.99. The highest BCUT2D eigenvalue weighted by Gasteiger charge is 2.33. The van der Waals surface area contributed by atoms with Crippen LogP contribution < -0.4 is 5.73 Å². The summed E-state index contributed by atoms with van der Waals surface area (Å²) in [5.41, 5.74) is 7.26. The molecule has 2 N–H and O–H groups in total. The van der Waals surface area contributed by atoms with Crippen LogP contribution in [0.3, 0.4) is 0 Å². The lowest BCUT2D eigenvalue weighted by molar-refractivity contribution is 0.0665. The monoisotopic (exact) mass is 236 g/mol. The van der Waals surface area contributed by atoms with Gasteiger partial charge in [-0.15, -0.1) is 0 Å². The Hall–Kier alpha value is -0.870. The molecule has 0 amide bonds. The van der Waals surface area contributed by atoms with Crippen LogP contribution in [0.25, 0.3) is 0 Å². The molecule has 2 rings (SSSR count). The van der Waals surface area contributed by atoms with Gasteiger partial charge in [0, 0.05) is 30.9 Å². The smallest absolute Gasteiger partial charge is 0.0537 e. The summed E-state index contributed by atoms with van der Waals surface area (Å²) in [7, 11) is 1.98. The molecule has 2 unspecified atom stereocenters. The van der Waals surface area contributed by atoms with Crippen molar-refractivity contribution in [3.05, 3.63) is 18.0 Å². The van der Waals surface area contributed by atoms with Gasteiger partial charge in [0.1, 0.15) is 0 Å². The molecule has 1 fully saturated rings. The predicted molar refractivity (Wildman–Crippen MR) is 69.6 cm³/mol. The quantitative estimate of drug-likeness (QED) is 0.866. The third-order valence-corrected chi connectivity index (χ3v) is 3.83. The first-order valence-electron chi connectivity index (χ1n) is 6.58. The van der Waals surface area contributed by atoms with Crippen molar-refractivity contribution in [1.82, 2.24) is 14.7 Å². The summed E-state index contributed by atoms with van der Waals surface area (Å²) in [6.45, 7) is 6.47. The average molecular weight is 236 g/mol. The summed E-state index contributed by atoms with van der Waals surface area (Å²) >= 11 is 0. The highest BCUT2D eigenvalue weighted by molar-refractivity contribution is 5.13. The minimum Gasteiger partial charge on any atom is -0.330 e. The van der Waals surface area contributed by atoms with Gasteiger partial charge in [-0.05, 0) is 45.7 Å². The lowest BCUT2D eigenvalue weighted by atomic mass is 9.85. The molecule has 0 aromatic carbocycles. The Morgan fingerprint density at radius 3 is 2.82 bits per heavy atom. The van der Waals surface area contributed by atoms with Gasteiger partial charge < -0.3 is 5.73 Å². The molecule has 96 valence electrons. The molecule has 2 atom stereocenters. The van der Waals surface area contributed by atoms with Crippen LogP contribution in [-0.4, -0.2) is 33.8 Å². The Bertz CT molecular complexity index is 358. The number of aryl methyl sites for hydroxylation is 1. The third kappa shape index (κ3) is 2.53. The Morgan fingerprint density at radius 2 is 2.29 bits per heavy atom. The SMILES string of the molecule is CC(C)N1CCCC(CN)C1c1cnn(C)c1. The Balaban J connectivity index is 2.28. The second-order valence-corrected chi connectivity index (χ2v) is 5.36. The van der Waals surface area contributed by atoms with Crippen molar-refractivity contribution in [2.24, 2.45) is 18.7 Å². The number of hydrogen-bond acceptors (Lipinski definition) is 3. The van der Waals surface area contributed by atoms with Crippen molar-refractivity contribution in [3.63, 3.8) is 0 Å². The van der Waals surface area contributed by atoms with E-state index in [1.807, 2.05) is 17.9 Å². The van der Waals surface area contributed by atoms with Gasteiger partial charge in [0.15, 0.2) is 0 Å². The van der Waals surface area contributed by atoms with Crippen LogP contribution >= 0.6 is 0 Å². The highest BCUT2D eigenvalue weighted by Crippen LogP contribution is 2.36. The molecule has 17 heavy (non-hydrogen) atoms. The van der Waals surface area contributed by atoms with Gasteiger partial charge in [-0.2, -0.15) is 5.10 Å². The molecule has 1 aromatic heterocycles. The van der Waals surface area contributed by atoms with E-state index in [1.54, 1.807) is 0 Å². The zero-order chi connectivity index (χ0) is 12.4. The number of likely N-dealkylation sites (tertiary alicyclic amines) is 1. The standard InChI is InChI=1S/C13H24N4/c1-10(2)17-6-4-5-11(7-14)13(17)12-8-15-16(3)9-12/h8-11,13H,4-7,14H2,1-3H3. The molecule has 0 spiro atoms. The number of aromatic nitrogens is 2. The van der Waals surface area contributed by atoms with E-state index < -0.39 is 0 Å².